The summed E-state index contributed by atoms with van der Waals surface area (Å²) < 4.78 is 32.5. The van der Waals surface area contributed by atoms with Gasteiger partial charge in [0.15, 0.2) is 0 Å². The highest BCUT2D eigenvalue weighted by Gasteiger charge is 2.23. The van der Waals surface area contributed by atoms with Crippen LogP contribution in [0.4, 0.5) is 5.69 Å². The second-order valence-electron chi connectivity index (χ2n) is 7.12. The first-order valence-corrected chi connectivity index (χ1v) is 11.4. The lowest BCUT2D eigenvalue weighted by Gasteiger charge is -2.21. The number of ether oxygens (including phenoxy) is 1. The van der Waals surface area contributed by atoms with Crippen LogP contribution in [-0.2, 0) is 16.6 Å². The third-order valence-electron chi connectivity index (χ3n) is 4.93. The molecule has 0 fully saturated rings. The number of benzene rings is 3. The number of carbonyl (C=O) groups is 1. The van der Waals surface area contributed by atoms with Crippen LogP contribution in [0.5, 0.6) is 5.75 Å². The molecule has 3 aromatic carbocycles. The molecule has 0 radical (unpaired) electrons. The molecule has 0 unspecified atom stereocenters. The number of methoxy groups -OCH3 is 1. The Balaban J connectivity index is 1.70. The lowest BCUT2D eigenvalue weighted by Crippen LogP contribution is -2.30. The number of nitrogens with zero attached hydrogens (tertiary/aromatic N) is 1. The van der Waals surface area contributed by atoms with Crippen LogP contribution in [0.15, 0.2) is 77.7 Å². The molecule has 0 aliphatic rings. The lowest BCUT2D eigenvalue weighted by molar-refractivity contribution is 0.102. The molecule has 7 heteroatoms. The maximum Gasteiger partial charge on any atom is 0.255 e. The second-order valence-corrected chi connectivity index (χ2v) is 9.06. The maximum atomic E-state index is 13.0. The molecule has 0 aromatic heterocycles. The first-order chi connectivity index (χ1) is 14.8. The van der Waals surface area contributed by atoms with Gasteiger partial charge in [-0.1, -0.05) is 36.8 Å². The number of rotatable bonds is 8. The zero-order chi connectivity index (χ0) is 22.4. The van der Waals surface area contributed by atoms with Crippen LogP contribution in [0.1, 0.15) is 28.4 Å². The van der Waals surface area contributed by atoms with E-state index >= 15 is 0 Å². The van der Waals surface area contributed by atoms with Gasteiger partial charge in [0, 0.05) is 24.3 Å². The zero-order valence-corrected chi connectivity index (χ0v) is 18.6. The van der Waals surface area contributed by atoms with Gasteiger partial charge in [0.25, 0.3) is 5.91 Å². The molecule has 0 saturated heterocycles. The van der Waals surface area contributed by atoms with Crippen molar-refractivity contribution in [2.45, 2.75) is 25.3 Å². The molecule has 3 aromatic rings. The molecule has 0 aliphatic carbocycles. The highest BCUT2D eigenvalue weighted by molar-refractivity contribution is 7.89. The van der Waals surface area contributed by atoms with E-state index in [-0.39, 0.29) is 17.3 Å². The van der Waals surface area contributed by atoms with Gasteiger partial charge in [0.2, 0.25) is 10.0 Å². The number of amides is 1. The van der Waals surface area contributed by atoms with Crippen molar-refractivity contribution in [1.29, 1.82) is 0 Å². The molecule has 1 N–H and O–H groups in total. The number of nitrogens with one attached hydrogen (secondary N) is 1. The Kier molecular flexibility index (Phi) is 7.09. The van der Waals surface area contributed by atoms with E-state index in [4.69, 9.17) is 4.74 Å². The molecule has 6 nitrogen and oxygen atoms in total. The fraction of sp³-hybridized carbons (Fsp3) is 0.208. The van der Waals surface area contributed by atoms with Crippen molar-refractivity contribution >= 4 is 21.6 Å². The Hall–Kier alpha value is -3.16. The second kappa shape index (κ2) is 9.76. The van der Waals surface area contributed by atoms with Crippen molar-refractivity contribution in [2.24, 2.45) is 0 Å². The van der Waals surface area contributed by atoms with Crippen molar-refractivity contribution in [3.63, 3.8) is 0 Å². The minimum absolute atomic E-state index is 0.212. The average Bonchev–Trinajstić information content (AvgIpc) is 2.79. The van der Waals surface area contributed by atoms with Crippen LogP contribution in [0, 0.1) is 6.92 Å². The van der Waals surface area contributed by atoms with Crippen LogP contribution in [0.25, 0.3) is 0 Å². The molecule has 162 valence electrons. The molecular formula is C24H26N2O4S. The monoisotopic (exact) mass is 438 g/mol. The maximum absolute atomic E-state index is 13.0. The van der Waals surface area contributed by atoms with E-state index in [0.717, 1.165) is 16.8 Å². The Bertz CT molecular complexity index is 1120. The number of anilines is 1. The van der Waals surface area contributed by atoms with Gasteiger partial charge in [-0.3, -0.25) is 4.79 Å². The molecule has 0 spiro atoms. The molecule has 3 rings (SSSR count). The largest absolute Gasteiger partial charge is 0.497 e. The third-order valence-corrected chi connectivity index (χ3v) is 6.87. The van der Waals surface area contributed by atoms with E-state index < -0.39 is 10.0 Å². The fourth-order valence-corrected chi connectivity index (χ4v) is 4.51. The van der Waals surface area contributed by atoms with E-state index in [9.17, 15) is 13.2 Å². The van der Waals surface area contributed by atoms with Crippen LogP contribution in [-0.4, -0.2) is 32.3 Å². The average molecular weight is 439 g/mol. The van der Waals surface area contributed by atoms with Gasteiger partial charge in [-0.2, -0.15) is 4.31 Å². The summed E-state index contributed by atoms with van der Waals surface area (Å²) in [7, 11) is -2.11. The predicted molar refractivity (Wildman–Crippen MR) is 122 cm³/mol. The molecule has 31 heavy (non-hydrogen) atoms. The SMILES string of the molecule is CCN(Cc1ccc(C(=O)Nc2ccc(C)cc2)cc1)S(=O)(=O)c1ccc(OC)cc1. The van der Waals surface area contributed by atoms with Crippen LogP contribution >= 0.6 is 0 Å². The Morgan fingerprint density at radius 3 is 2.10 bits per heavy atom. The predicted octanol–water partition coefficient (Wildman–Crippen LogP) is 4.47. The number of sulfonamides is 1. The number of carbonyl (C=O) groups excluding carboxylic acids is 1. The van der Waals surface area contributed by atoms with Crippen molar-refractivity contribution < 1.29 is 17.9 Å². The quantitative estimate of drug-likeness (QED) is 0.563. The van der Waals surface area contributed by atoms with Crippen molar-refractivity contribution in [1.82, 2.24) is 4.31 Å². The number of aryl methyl sites for hydroxylation is 1. The summed E-state index contributed by atoms with van der Waals surface area (Å²) in [6.07, 6.45) is 0. The van der Waals surface area contributed by atoms with E-state index in [1.165, 1.54) is 23.5 Å². The van der Waals surface area contributed by atoms with Gasteiger partial charge < -0.3 is 10.1 Å². The van der Waals surface area contributed by atoms with E-state index in [1.807, 2.05) is 31.2 Å². The summed E-state index contributed by atoms with van der Waals surface area (Å²) in [6, 6.07) is 20.8. The number of hydrogen-bond donors (Lipinski definition) is 1. The Labute approximate surface area is 183 Å². The highest BCUT2D eigenvalue weighted by Crippen LogP contribution is 2.21. The molecule has 0 aliphatic heterocycles. The Morgan fingerprint density at radius 2 is 1.55 bits per heavy atom. The normalized spacial score (nSPS) is 11.4. The third kappa shape index (κ3) is 5.51. The summed E-state index contributed by atoms with van der Waals surface area (Å²) >= 11 is 0. The van der Waals surface area contributed by atoms with Crippen molar-refractivity contribution in [3.05, 3.63) is 89.5 Å². The van der Waals surface area contributed by atoms with Gasteiger partial charge in [-0.25, -0.2) is 8.42 Å². The topological polar surface area (TPSA) is 75.7 Å². The van der Waals surface area contributed by atoms with Gasteiger partial charge in [-0.15, -0.1) is 0 Å². The van der Waals surface area contributed by atoms with E-state index in [2.05, 4.69) is 5.32 Å². The molecule has 0 atom stereocenters. The van der Waals surface area contributed by atoms with Crippen LogP contribution < -0.4 is 10.1 Å². The first kappa shape index (κ1) is 22.5. The van der Waals surface area contributed by atoms with E-state index in [0.29, 0.717) is 17.9 Å². The standard InChI is InChI=1S/C24H26N2O4S/c1-4-26(31(28,29)23-15-13-22(30-3)14-16-23)17-19-7-9-20(10-8-19)24(27)25-21-11-5-18(2)6-12-21/h5-16H,4,17H2,1-3H3,(H,25,27). The molecule has 0 saturated carbocycles. The Morgan fingerprint density at radius 1 is 0.935 bits per heavy atom. The van der Waals surface area contributed by atoms with E-state index in [1.54, 1.807) is 43.3 Å². The number of hydrogen-bond acceptors (Lipinski definition) is 4. The highest BCUT2D eigenvalue weighted by atomic mass is 32.2. The van der Waals surface area contributed by atoms with Gasteiger partial charge in [-0.05, 0) is 61.0 Å². The summed E-state index contributed by atoms with van der Waals surface area (Å²) in [5, 5.41) is 2.86. The minimum Gasteiger partial charge on any atom is -0.497 e. The van der Waals surface area contributed by atoms with Crippen LogP contribution in [0.3, 0.4) is 0 Å². The summed E-state index contributed by atoms with van der Waals surface area (Å²) in [5.41, 5.74) is 3.14. The lowest BCUT2D eigenvalue weighted by atomic mass is 10.1. The van der Waals surface area contributed by atoms with Crippen LogP contribution in [0.2, 0.25) is 0 Å². The van der Waals surface area contributed by atoms with Crippen molar-refractivity contribution in [2.75, 3.05) is 19.0 Å². The summed E-state index contributed by atoms with van der Waals surface area (Å²) in [4.78, 5) is 12.7. The zero-order valence-electron chi connectivity index (χ0n) is 17.8. The molecule has 0 heterocycles. The summed E-state index contributed by atoms with van der Waals surface area (Å²) in [6.45, 7) is 4.32. The van der Waals surface area contributed by atoms with Gasteiger partial charge in [0.1, 0.15) is 5.75 Å². The smallest absolute Gasteiger partial charge is 0.255 e. The summed E-state index contributed by atoms with van der Waals surface area (Å²) in [5.74, 6) is 0.384. The molecular weight excluding hydrogens is 412 g/mol. The minimum atomic E-state index is -3.65. The van der Waals surface area contributed by atoms with Crippen molar-refractivity contribution in [3.8, 4) is 5.75 Å². The van der Waals surface area contributed by atoms with Gasteiger partial charge in [0.05, 0.1) is 12.0 Å². The fourth-order valence-electron chi connectivity index (χ4n) is 3.07. The molecule has 1 amide bonds. The molecule has 0 bridgehead atoms. The van der Waals surface area contributed by atoms with Gasteiger partial charge >= 0.3 is 0 Å². The first-order valence-electron chi connectivity index (χ1n) is 9.94.